The van der Waals surface area contributed by atoms with Gasteiger partial charge in [0.2, 0.25) is 0 Å². The van der Waals surface area contributed by atoms with Crippen LogP contribution in [0, 0.1) is 5.92 Å². The van der Waals surface area contributed by atoms with Crippen molar-refractivity contribution in [3.8, 4) is 0 Å². The Morgan fingerprint density at radius 1 is 1.53 bits per heavy atom. The van der Waals surface area contributed by atoms with Crippen molar-refractivity contribution in [2.75, 3.05) is 33.2 Å². The van der Waals surface area contributed by atoms with Crippen molar-refractivity contribution >= 4 is 5.97 Å². The van der Waals surface area contributed by atoms with Crippen molar-refractivity contribution in [3.63, 3.8) is 0 Å². The molecule has 0 saturated carbocycles. The third-order valence-electron chi connectivity index (χ3n) is 2.90. The predicted molar refractivity (Wildman–Crippen MR) is 59.9 cm³/mol. The first kappa shape index (κ1) is 12.2. The average Bonchev–Trinajstić information content (AvgIpc) is 2.27. The van der Waals surface area contributed by atoms with Gasteiger partial charge in [-0.2, -0.15) is 0 Å². The maximum Gasteiger partial charge on any atom is 0.309 e. The van der Waals surface area contributed by atoms with Gasteiger partial charge < -0.3 is 10.0 Å². The van der Waals surface area contributed by atoms with E-state index in [1.54, 1.807) is 0 Å². The molecule has 0 amide bonds. The van der Waals surface area contributed by atoms with E-state index in [1.165, 1.54) is 0 Å². The number of hydrogen-bond acceptors (Lipinski definition) is 3. The summed E-state index contributed by atoms with van der Waals surface area (Å²) in [6.45, 7) is 8.76. The zero-order valence-corrected chi connectivity index (χ0v) is 9.52. The van der Waals surface area contributed by atoms with E-state index in [0.29, 0.717) is 19.1 Å². The van der Waals surface area contributed by atoms with Crippen molar-refractivity contribution in [2.45, 2.75) is 13.0 Å². The molecule has 0 aromatic rings. The maximum absolute atomic E-state index is 11.0. The van der Waals surface area contributed by atoms with Gasteiger partial charge >= 0.3 is 5.97 Å². The first-order valence-electron chi connectivity index (χ1n) is 5.31. The van der Waals surface area contributed by atoms with Gasteiger partial charge in [0.15, 0.2) is 0 Å². The van der Waals surface area contributed by atoms with Gasteiger partial charge in [-0.15, -0.1) is 6.58 Å². The second-order valence-corrected chi connectivity index (χ2v) is 4.35. The van der Waals surface area contributed by atoms with E-state index >= 15 is 0 Å². The van der Waals surface area contributed by atoms with Crippen LogP contribution < -0.4 is 0 Å². The number of carboxylic acids is 1. The predicted octanol–water partition coefficient (Wildman–Crippen LogP) is 0.509. The molecular formula is C11H20N2O2. The Morgan fingerprint density at radius 3 is 2.73 bits per heavy atom. The molecule has 1 aliphatic heterocycles. The van der Waals surface area contributed by atoms with E-state index in [9.17, 15) is 4.79 Å². The van der Waals surface area contributed by atoms with Crippen LogP contribution in [-0.2, 0) is 4.79 Å². The van der Waals surface area contributed by atoms with Gasteiger partial charge in [-0.25, -0.2) is 0 Å². The third kappa shape index (κ3) is 3.32. The third-order valence-corrected chi connectivity index (χ3v) is 2.90. The minimum absolute atomic E-state index is 0.292. The van der Waals surface area contributed by atoms with Crippen LogP contribution >= 0.6 is 0 Å². The molecule has 2 atom stereocenters. The molecule has 1 aliphatic rings. The molecule has 4 heteroatoms. The highest BCUT2D eigenvalue weighted by Gasteiger charge is 2.28. The molecule has 1 heterocycles. The Kier molecular flexibility index (Phi) is 4.29. The number of nitrogens with zero attached hydrogens (tertiary/aromatic N) is 2. The summed E-state index contributed by atoms with van der Waals surface area (Å²) in [6.07, 6.45) is 1.83. The number of rotatable bonds is 3. The molecule has 2 unspecified atom stereocenters. The highest BCUT2D eigenvalue weighted by atomic mass is 16.4. The number of hydrogen-bond donors (Lipinski definition) is 1. The van der Waals surface area contributed by atoms with Crippen LogP contribution in [0.3, 0.4) is 0 Å². The lowest BCUT2D eigenvalue weighted by Gasteiger charge is -2.26. The molecule has 1 saturated heterocycles. The first-order valence-corrected chi connectivity index (χ1v) is 5.31. The number of carbonyl (C=O) groups is 1. The summed E-state index contributed by atoms with van der Waals surface area (Å²) in [5.74, 6) is -0.995. The summed E-state index contributed by atoms with van der Waals surface area (Å²) in [5.41, 5.74) is 0. The standard InChI is InChI=1S/C11H20N2O2/c1-4-5-13-8-10(11(14)15)7-12(3)6-9(13)2/h4,9-10H,1,5-8H2,2-3H3,(H,14,15). The van der Waals surface area contributed by atoms with E-state index in [-0.39, 0.29) is 5.92 Å². The van der Waals surface area contributed by atoms with E-state index in [1.807, 2.05) is 13.1 Å². The quantitative estimate of drug-likeness (QED) is 0.692. The molecule has 15 heavy (non-hydrogen) atoms. The van der Waals surface area contributed by atoms with Crippen molar-refractivity contribution in [1.29, 1.82) is 0 Å². The fourth-order valence-electron chi connectivity index (χ4n) is 2.11. The van der Waals surface area contributed by atoms with Crippen molar-refractivity contribution < 1.29 is 9.90 Å². The van der Waals surface area contributed by atoms with Crippen molar-refractivity contribution in [2.24, 2.45) is 5.92 Å². The lowest BCUT2D eigenvalue weighted by molar-refractivity contribution is -0.142. The van der Waals surface area contributed by atoms with Gasteiger partial charge in [-0.1, -0.05) is 6.08 Å². The fraction of sp³-hybridized carbons (Fsp3) is 0.727. The minimum atomic E-state index is -0.704. The summed E-state index contributed by atoms with van der Waals surface area (Å²) in [7, 11) is 1.98. The average molecular weight is 212 g/mol. The lowest BCUT2D eigenvalue weighted by Crippen LogP contribution is -2.39. The monoisotopic (exact) mass is 212 g/mol. The van der Waals surface area contributed by atoms with Crippen molar-refractivity contribution in [3.05, 3.63) is 12.7 Å². The van der Waals surface area contributed by atoms with Crippen molar-refractivity contribution in [1.82, 2.24) is 9.80 Å². The van der Waals surface area contributed by atoms with Crippen LogP contribution in [0.2, 0.25) is 0 Å². The molecule has 1 fully saturated rings. The Morgan fingerprint density at radius 2 is 2.20 bits per heavy atom. The van der Waals surface area contributed by atoms with Crippen LogP contribution in [0.25, 0.3) is 0 Å². The van der Waals surface area contributed by atoms with Crippen LogP contribution in [0.15, 0.2) is 12.7 Å². The normalized spacial score (nSPS) is 29.7. The van der Waals surface area contributed by atoms with E-state index in [0.717, 1.165) is 13.1 Å². The van der Waals surface area contributed by atoms with E-state index in [4.69, 9.17) is 5.11 Å². The summed E-state index contributed by atoms with van der Waals surface area (Å²) >= 11 is 0. The van der Waals surface area contributed by atoms with E-state index < -0.39 is 5.97 Å². The second-order valence-electron chi connectivity index (χ2n) is 4.35. The van der Waals surface area contributed by atoms with Crippen LogP contribution in [0.4, 0.5) is 0 Å². The van der Waals surface area contributed by atoms with Gasteiger partial charge in [-0.3, -0.25) is 9.69 Å². The molecule has 0 radical (unpaired) electrons. The topological polar surface area (TPSA) is 43.8 Å². The molecule has 0 spiro atoms. The smallest absolute Gasteiger partial charge is 0.309 e. The molecule has 1 rings (SSSR count). The van der Waals surface area contributed by atoms with E-state index in [2.05, 4.69) is 23.3 Å². The van der Waals surface area contributed by atoms with Crippen LogP contribution in [0.1, 0.15) is 6.92 Å². The fourth-order valence-corrected chi connectivity index (χ4v) is 2.11. The van der Waals surface area contributed by atoms with Gasteiger partial charge in [0, 0.05) is 32.2 Å². The maximum atomic E-state index is 11.0. The molecule has 86 valence electrons. The van der Waals surface area contributed by atoms with Crippen LogP contribution in [0.5, 0.6) is 0 Å². The highest BCUT2D eigenvalue weighted by Crippen LogP contribution is 2.13. The number of aliphatic carboxylic acids is 1. The number of likely N-dealkylation sites (N-methyl/N-ethyl adjacent to an activating group) is 1. The SMILES string of the molecule is C=CCN1CC(C(=O)O)CN(C)CC1C. The van der Waals surface area contributed by atoms with Gasteiger partial charge in [-0.05, 0) is 14.0 Å². The largest absolute Gasteiger partial charge is 0.481 e. The Hall–Kier alpha value is -0.870. The first-order chi connectivity index (χ1) is 7.04. The Labute approximate surface area is 91.2 Å². The molecule has 0 aliphatic carbocycles. The van der Waals surface area contributed by atoms with Gasteiger partial charge in [0.05, 0.1) is 5.92 Å². The lowest BCUT2D eigenvalue weighted by atomic mass is 10.1. The second kappa shape index (κ2) is 5.28. The summed E-state index contributed by atoms with van der Waals surface area (Å²) in [4.78, 5) is 15.3. The molecular weight excluding hydrogens is 192 g/mol. The summed E-state index contributed by atoms with van der Waals surface area (Å²) < 4.78 is 0. The minimum Gasteiger partial charge on any atom is -0.481 e. The molecule has 1 N–H and O–H groups in total. The molecule has 0 aromatic carbocycles. The summed E-state index contributed by atoms with van der Waals surface area (Å²) in [6, 6.07) is 0.386. The zero-order valence-electron chi connectivity index (χ0n) is 9.52. The van der Waals surface area contributed by atoms with Crippen LogP contribution in [-0.4, -0.2) is 60.1 Å². The van der Waals surface area contributed by atoms with Gasteiger partial charge in [0.25, 0.3) is 0 Å². The number of carboxylic acid groups (broad SMARTS) is 1. The van der Waals surface area contributed by atoms with Gasteiger partial charge in [0.1, 0.15) is 0 Å². The molecule has 0 aromatic heterocycles. The highest BCUT2D eigenvalue weighted by molar-refractivity contribution is 5.70. The zero-order chi connectivity index (χ0) is 11.4. The molecule has 0 bridgehead atoms. The summed E-state index contributed by atoms with van der Waals surface area (Å²) in [5, 5.41) is 9.07. The Balaban J connectivity index is 2.71. The Bertz CT molecular complexity index is 243. The molecule has 4 nitrogen and oxygen atoms in total.